The van der Waals surface area contributed by atoms with Crippen LogP contribution in [-0.4, -0.2) is 39.5 Å². The van der Waals surface area contributed by atoms with Gasteiger partial charge in [0, 0.05) is 34.5 Å². The van der Waals surface area contributed by atoms with Crippen LogP contribution in [0.2, 0.25) is 0 Å². The van der Waals surface area contributed by atoms with Gasteiger partial charge in [-0.25, -0.2) is 0 Å². The van der Waals surface area contributed by atoms with Crippen molar-refractivity contribution in [3.8, 4) is 0 Å². The summed E-state index contributed by atoms with van der Waals surface area (Å²) in [5.74, 6) is 0.707. The van der Waals surface area contributed by atoms with Crippen LogP contribution in [0.1, 0.15) is 45.4 Å². The van der Waals surface area contributed by atoms with E-state index in [1.54, 1.807) is 0 Å². The highest BCUT2D eigenvalue weighted by Crippen LogP contribution is 2.22. The molecule has 1 rings (SSSR count). The number of rotatable bonds is 7. The minimum absolute atomic E-state index is 0.180. The van der Waals surface area contributed by atoms with Gasteiger partial charge in [-0.2, -0.15) is 0 Å². The standard InChI is InChI=1S/C12H25NO2S/c1-2-13-11(8-9-14)10-16(15)12-6-4-3-5-7-12/h11-14H,2-10H2,1H3. The van der Waals surface area contributed by atoms with Crippen molar-refractivity contribution in [3.05, 3.63) is 0 Å². The van der Waals surface area contributed by atoms with Gasteiger partial charge in [0.1, 0.15) is 0 Å². The van der Waals surface area contributed by atoms with Gasteiger partial charge in [0.2, 0.25) is 0 Å². The molecule has 0 aromatic rings. The van der Waals surface area contributed by atoms with Gasteiger partial charge in [-0.1, -0.05) is 26.2 Å². The maximum absolute atomic E-state index is 12.1. The molecule has 1 aliphatic rings. The molecule has 0 heterocycles. The molecule has 0 bridgehead atoms. The van der Waals surface area contributed by atoms with E-state index in [2.05, 4.69) is 5.32 Å². The molecule has 2 unspecified atom stereocenters. The fourth-order valence-corrected chi connectivity index (χ4v) is 4.16. The maximum atomic E-state index is 12.1. The molecule has 96 valence electrons. The Kier molecular flexibility index (Phi) is 7.25. The largest absolute Gasteiger partial charge is 0.396 e. The molecule has 1 saturated carbocycles. The average molecular weight is 247 g/mol. The van der Waals surface area contributed by atoms with Crippen LogP contribution in [0.4, 0.5) is 0 Å². The summed E-state index contributed by atoms with van der Waals surface area (Å²) in [5, 5.41) is 12.7. The first kappa shape index (κ1) is 14.1. The molecule has 0 saturated heterocycles. The lowest BCUT2D eigenvalue weighted by atomic mass is 10.0. The summed E-state index contributed by atoms with van der Waals surface area (Å²) in [5.41, 5.74) is 0. The van der Waals surface area contributed by atoms with E-state index in [1.807, 2.05) is 6.92 Å². The Morgan fingerprint density at radius 1 is 1.38 bits per heavy atom. The number of hydrogen-bond acceptors (Lipinski definition) is 3. The second kappa shape index (κ2) is 8.20. The van der Waals surface area contributed by atoms with Gasteiger partial charge in [0.15, 0.2) is 0 Å². The van der Waals surface area contributed by atoms with Gasteiger partial charge >= 0.3 is 0 Å². The molecule has 2 atom stereocenters. The molecule has 0 aromatic carbocycles. The van der Waals surface area contributed by atoms with Crippen molar-refractivity contribution in [1.29, 1.82) is 0 Å². The molecule has 0 radical (unpaired) electrons. The van der Waals surface area contributed by atoms with Crippen LogP contribution in [0.3, 0.4) is 0 Å². The lowest BCUT2D eigenvalue weighted by molar-refractivity contribution is 0.270. The second-order valence-corrected chi connectivity index (χ2v) is 6.34. The van der Waals surface area contributed by atoms with Crippen LogP contribution < -0.4 is 5.32 Å². The highest BCUT2D eigenvalue weighted by atomic mass is 32.2. The van der Waals surface area contributed by atoms with E-state index < -0.39 is 10.8 Å². The van der Waals surface area contributed by atoms with Crippen LogP contribution in [0.25, 0.3) is 0 Å². The number of aliphatic hydroxyl groups excluding tert-OH is 1. The fraction of sp³-hybridized carbons (Fsp3) is 1.00. The quantitative estimate of drug-likeness (QED) is 0.715. The van der Waals surface area contributed by atoms with Gasteiger partial charge in [-0.05, 0) is 25.8 Å². The summed E-state index contributed by atoms with van der Waals surface area (Å²) in [7, 11) is -0.713. The molecule has 0 amide bonds. The minimum Gasteiger partial charge on any atom is -0.396 e. The first-order chi connectivity index (χ1) is 7.77. The van der Waals surface area contributed by atoms with Crippen molar-refractivity contribution in [2.45, 2.75) is 56.7 Å². The van der Waals surface area contributed by atoms with Gasteiger partial charge in [0.25, 0.3) is 0 Å². The topological polar surface area (TPSA) is 49.3 Å². The van der Waals surface area contributed by atoms with E-state index in [4.69, 9.17) is 5.11 Å². The maximum Gasteiger partial charge on any atom is 0.0446 e. The van der Waals surface area contributed by atoms with Crippen LogP contribution in [0.5, 0.6) is 0 Å². The predicted octanol–water partition coefficient (Wildman–Crippen LogP) is 1.43. The zero-order chi connectivity index (χ0) is 11.8. The van der Waals surface area contributed by atoms with Crippen LogP contribution >= 0.6 is 0 Å². The third-order valence-electron chi connectivity index (χ3n) is 3.26. The summed E-state index contributed by atoms with van der Waals surface area (Å²) < 4.78 is 12.1. The normalized spacial score (nSPS) is 21.9. The average Bonchev–Trinajstić information content (AvgIpc) is 2.31. The Balaban J connectivity index is 2.33. The van der Waals surface area contributed by atoms with Gasteiger partial charge in [-0.15, -0.1) is 0 Å². The van der Waals surface area contributed by atoms with Gasteiger partial charge < -0.3 is 10.4 Å². The van der Waals surface area contributed by atoms with E-state index >= 15 is 0 Å². The first-order valence-corrected chi connectivity index (χ1v) is 7.87. The highest BCUT2D eigenvalue weighted by molar-refractivity contribution is 7.85. The summed E-state index contributed by atoms with van der Waals surface area (Å²) in [6.07, 6.45) is 6.76. The van der Waals surface area contributed by atoms with Crippen molar-refractivity contribution in [3.63, 3.8) is 0 Å². The number of hydrogen-bond donors (Lipinski definition) is 2. The Hall–Kier alpha value is 0.0700. The lowest BCUT2D eigenvalue weighted by Gasteiger charge is -2.24. The zero-order valence-electron chi connectivity index (χ0n) is 10.3. The van der Waals surface area contributed by atoms with E-state index in [0.29, 0.717) is 17.4 Å². The molecule has 4 heteroatoms. The Labute approximate surface area is 101 Å². The molecule has 0 spiro atoms. The molecule has 0 aliphatic heterocycles. The molecular weight excluding hydrogens is 222 g/mol. The number of aliphatic hydroxyl groups is 1. The van der Waals surface area contributed by atoms with E-state index in [1.165, 1.54) is 19.3 Å². The monoisotopic (exact) mass is 247 g/mol. The van der Waals surface area contributed by atoms with E-state index in [-0.39, 0.29) is 12.6 Å². The Morgan fingerprint density at radius 2 is 2.06 bits per heavy atom. The van der Waals surface area contributed by atoms with Crippen LogP contribution in [0, 0.1) is 0 Å². The third-order valence-corrected chi connectivity index (χ3v) is 5.21. The Morgan fingerprint density at radius 3 is 2.62 bits per heavy atom. The fourth-order valence-electron chi connectivity index (χ4n) is 2.35. The van der Waals surface area contributed by atoms with Gasteiger partial charge in [0.05, 0.1) is 0 Å². The van der Waals surface area contributed by atoms with Crippen LogP contribution in [0.15, 0.2) is 0 Å². The van der Waals surface area contributed by atoms with Crippen molar-refractivity contribution >= 4 is 10.8 Å². The van der Waals surface area contributed by atoms with Crippen molar-refractivity contribution < 1.29 is 9.32 Å². The first-order valence-electron chi connectivity index (χ1n) is 6.49. The van der Waals surface area contributed by atoms with Crippen molar-refractivity contribution in [2.24, 2.45) is 0 Å². The molecular formula is C12H25NO2S. The SMILES string of the molecule is CCNC(CCO)CS(=O)C1CCCCC1. The summed E-state index contributed by atoms with van der Waals surface area (Å²) in [6, 6.07) is 0.220. The zero-order valence-corrected chi connectivity index (χ0v) is 11.1. The summed E-state index contributed by atoms with van der Waals surface area (Å²) in [4.78, 5) is 0. The summed E-state index contributed by atoms with van der Waals surface area (Å²) in [6.45, 7) is 3.11. The molecule has 2 N–H and O–H groups in total. The second-order valence-electron chi connectivity index (χ2n) is 4.57. The minimum atomic E-state index is -0.713. The van der Waals surface area contributed by atoms with E-state index in [0.717, 1.165) is 19.4 Å². The molecule has 1 fully saturated rings. The van der Waals surface area contributed by atoms with Crippen LogP contribution in [-0.2, 0) is 10.8 Å². The lowest BCUT2D eigenvalue weighted by Crippen LogP contribution is -2.37. The van der Waals surface area contributed by atoms with Crippen molar-refractivity contribution in [2.75, 3.05) is 18.9 Å². The summed E-state index contributed by atoms with van der Waals surface area (Å²) >= 11 is 0. The van der Waals surface area contributed by atoms with Crippen molar-refractivity contribution in [1.82, 2.24) is 5.32 Å². The molecule has 1 aliphatic carbocycles. The molecule has 0 aromatic heterocycles. The smallest absolute Gasteiger partial charge is 0.0446 e. The Bertz CT molecular complexity index is 199. The number of nitrogens with one attached hydrogen (secondary N) is 1. The molecule has 3 nitrogen and oxygen atoms in total. The van der Waals surface area contributed by atoms with Gasteiger partial charge in [-0.3, -0.25) is 4.21 Å². The van der Waals surface area contributed by atoms with E-state index in [9.17, 15) is 4.21 Å². The predicted molar refractivity (Wildman–Crippen MR) is 69.0 cm³/mol. The highest BCUT2D eigenvalue weighted by Gasteiger charge is 2.22. The molecule has 16 heavy (non-hydrogen) atoms. The third kappa shape index (κ3) is 4.93.